The van der Waals surface area contributed by atoms with Gasteiger partial charge in [0.05, 0.1) is 11.0 Å². The number of rotatable bonds is 6. The van der Waals surface area contributed by atoms with Crippen molar-refractivity contribution in [3.8, 4) is 0 Å². The van der Waals surface area contributed by atoms with Gasteiger partial charge in [-0.2, -0.15) is 0 Å². The van der Waals surface area contributed by atoms with Crippen molar-refractivity contribution >= 4 is 22.7 Å². The lowest BCUT2D eigenvalue weighted by Gasteiger charge is -2.09. The van der Waals surface area contributed by atoms with Crippen LogP contribution in [0.25, 0.3) is 0 Å². The van der Waals surface area contributed by atoms with Gasteiger partial charge >= 0.3 is 0 Å². The van der Waals surface area contributed by atoms with Crippen LogP contribution in [0.15, 0.2) is 12.4 Å². The topological polar surface area (TPSA) is 37.8 Å². The van der Waals surface area contributed by atoms with Crippen molar-refractivity contribution in [2.45, 2.75) is 46.2 Å². The van der Waals surface area contributed by atoms with Crippen molar-refractivity contribution in [3.05, 3.63) is 32.2 Å². The van der Waals surface area contributed by atoms with Gasteiger partial charge in [-0.1, -0.05) is 13.8 Å². The Kier molecular flexibility index (Phi) is 4.86. The van der Waals surface area contributed by atoms with E-state index in [9.17, 15) is 0 Å². The fourth-order valence-electron chi connectivity index (χ4n) is 1.62. The first-order chi connectivity index (χ1) is 8.72. The molecule has 2 heterocycles. The highest BCUT2D eigenvalue weighted by Crippen LogP contribution is 2.21. The van der Waals surface area contributed by atoms with Gasteiger partial charge < -0.3 is 5.32 Å². The maximum atomic E-state index is 4.46. The van der Waals surface area contributed by atoms with E-state index in [0.717, 1.165) is 19.4 Å². The molecule has 0 aliphatic carbocycles. The van der Waals surface area contributed by atoms with Gasteiger partial charge in [-0.15, -0.1) is 22.7 Å². The van der Waals surface area contributed by atoms with E-state index in [0.29, 0.717) is 6.04 Å². The SMILES string of the molecule is CCc1cnc(C(C)NCc2cnc(CC)s2)s1. The zero-order valence-electron chi connectivity index (χ0n) is 11.1. The summed E-state index contributed by atoms with van der Waals surface area (Å²) in [6, 6.07) is 0.308. The summed E-state index contributed by atoms with van der Waals surface area (Å²) >= 11 is 3.59. The van der Waals surface area contributed by atoms with Gasteiger partial charge in [-0.25, -0.2) is 9.97 Å². The molecule has 5 heteroatoms. The van der Waals surface area contributed by atoms with Crippen LogP contribution < -0.4 is 5.32 Å². The molecule has 0 fully saturated rings. The van der Waals surface area contributed by atoms with Crippen LogP contribution in [-0.2, 0) is 19.4 Å². The predicted octanol–water partition coefficient (Wildman–Crippen LogP) is 3.58. The lowest BCUT2D eigenvalue weighted by atomic mass is 10.3. The van der Waals surface area contributed by atoms with E-state index >= 15 is 0 Å². The number of aromatic nitrogens is 2. The van der Waals surface area contributed by atoms with Gasteiger partial charge in [-0.3, -0.25) is 0 Å². The molecule has 2 aromatic heterocycles. The predicted molar refractivity (Wildman–Crippen MR) is 78.2 cm³/mol. The number of hydrogen-bond donors (Lipinski definition) is 1. The summed E-state index contributed by atoms with van der Waals surface area (Å²) in [5.74, 6) is 0. The molecule has 0 saturated heterocycles. The summed E-state index contributed by atoms with van der Waals surface area (Å²) < 4.78 is 0. The Morgan fingerprint density at radius 3 is 2.50 bits per heavy atom. The van der Waals surface area contributed by atoms with E-state index in [1.807, 2.05) is 12.4 Å². The lowest BCUT2D eigenvalue weighted by Crippen LogP contribution is -2.17. The minimum absolute atomic E-state index is 0.308. The summed E-state index contributed by atoms with van der Waals surface area (Å²) in [5, 5.41) is 5.89. The third-order valence-corrected chi connectivity index (χ3v) is 5.24. The Labute approximate surface area is 116 Å². The van der Waals surface area contributed by atoms with Crippen molar-refractivity contribution < 1.29 is 0 Å². The molecule has 1 unspecified atom stereocenters. The van der Waals surface area contributed by atoms with E-state index in [1.165, 1.54) is 19.8 Å². The highest BCUT2D eigenvalue weighted by Gasteiger charge is 2.10. The average Bonchev–Trinajstić information content (AvgIpc) is 3.04. The molecule has 1 N–H and O–H groups in total. The fourth-order valence-corrected chi connectivity index (χ4v) is 3.32. The first-order valence-corrected chi connectivity index (χ1v) is 7.97. The molecular formula is C13H19N3S2. The maximum absolute atomic E-state index is 4.46. The van der Waals surface area contributed by atoms with Gasteiger partial charge in [0, 0.05) is 28.7 Å². The molecule has 0 aliphatic rings. The molecule has 0 aliphatic heterocycles. The molecule has 0 spiro atoms. The second-order valence-electron chi connectivity index (χ2n) is 4.19. The summed E-state index contributed by atoms with van der Waals surface area (Å²) in [4.78, 5) is 11.5. The Balaban J connectivity index is 1.89. The van der Waals surface area contributed by atoms with Crippen molar-refractivity contribution in [1.29, 1.82) is 0 Å². The number of aryl methyl sites for hydroxylation is 2. The molecule has 0 bridgehead atoms. The van der Waals surface area contributed by atoms with Crippen LogP contribution in [0.2, 0.25) is 0 Å². The molecule has 3 nitrogen and oxygen atoms in total. The molecule has 2 aromatic rings. The summed E-state index contributed by atoms with van der Waals surface area (Å²) in [6.45, 7) is 7.35. The van der Waals surface area contributed by atoms with E-state index in [4.69, 9.17) is 0 Å². The number of hydrogen-bond acceptors (Lipinski definition) is 5. The minimum Gasteiger partial charge on any atom is -0.303 e. The molecule has 0 aromatic carbocycles. The van der Waals surface area contributed by atoms with E-state index in [2.05, 4.69) is 36.1 Å². The molecule has 0 amide bonds. The molecule has 2 rings (SSSR count). The number of thiazole rings is 2. The second kappa shape index (κ2) is 6.41. The second-order valence-corrected chi connectivity index (χ2v) is 6.54. The van der Waals surface area contributed by atoms with Crippen molar-refractivity contribution in [1.82, 2.24) is 15.3 Å². The van der Waals surface area contributed by atoms with Crippen LogP contribution in [-0.4, -0.2) is 9.97 Å². The van der Waals surface area contributed by atoms with Gasteiger partial charge in [0.1, 0.15) is 5.01 Å². The fraction of sp³-hybridized carbons (Fsp3) is 0.538. The van der Waals surface area contributed by atoms with Crippen LogP contribution >= 0.6 is 22.7 Å². The van der Waals surface area contributed by atoms with Crippen molar-refractivity contribution in [2.75, 3.05) is 0 Å². The average molecular weight is 281 g/mol. The molecule has 0 radical (unpaired) electrons. The van der Waals surface area contributed by atoms with Gasteiger partial charge in [0.2, 0.25) is 0 Å². The normalized spacial score (nSPS) is 12.8. The zero-order valence-corrected chi connectivity index (χ0v) is 12.7. The molecular weight excluding hydrogens is 262 g/mol. The minimum atomic E-state index is 0.308. The van der Waals surface area contributed by atoms with Crippen LogP contribution in [0.3, 0.4) is 0 Å². The van der Waals surface area contributed by atoms with Gasteiger partial charge in [-0.05, 0) is 19.8 Å². The summed E-state index contributed by atoms with van der Waals surface area (Å²) in [7, 11) is 0. The van der Waals surface area contributed by atoms with E-state index in [-0.39, 0.29) is 0 Å². The quantitative estimate of drug-likeness (QED) is 0.879. The highest BCUT2D eigenvalue weighted by molar-refractivity contribution is 7.11. The van der Waals surface area contributed by atoms with Crippen LogP contribution in [0.1, 0.15) is 46.6 Å². The van der Waals surface area contributed by atoms with Crippen molar-refractivity contribution in [2.24, 2.45) is 0 Å². The third-order valence-electron chi connectivity index (χ3n) is 2.78. The monoisotopic (exact) mass is 281 g/mol. The summed E-state index contributed by atoms with van der Waals surface area (Å²) in [6.07, 6.45) is 6.05. The Morgan fingerprint density at radius 2 is 1.89 bits per heavy atom. The third kappa shape index (κ3) is 3.37. The molecule has 0 saturated carbocycles. The van der Waals surface area contributed by atoms with Gasteiger partial charge in [0.25, 0.3) is 0 Å². The Bertz CT molecular complexity index is 490. The Hall–Kier alpha value is -0.780. The molecule has 98 valence electrons. The van der Waals surface area contributed by atoms with Crippen LogP contribution in [0, 0.1) is 0 Å². The summed E-state index contributed by atoms with van der Waals surface area (Å²) in [5.41, 5.74) is 0. The Morgan fingerprint density at radius 1 is 1.11 bits per heavy atom. The first-order valence-electron chi connectivity index (χ1n) is 6.34. The first kappa shape index (κ1) is 13.6. The lowest BCUT2D eigenvalue weighted by molar-refractivity contribution is 0.575. The molecule has 1 atom stereocenters. The van der Waals surface area contributed by atoms with E-state index < -0.39 is 0 Å². The molecule has 18 heavy (non-hydrogen) atoms. The highest BCUT2D eigenvalue weighted by atomic mass is 32.1. The standard InChI is InChI=1S/C13H19N3S2/c1-4-10-6-16-13(18-10)9(3)14-7-11-8-15-12(5-2)17-11/h6,8-9,14H,4-5,7H2,1-3H3. The zero-order chi connectivity index (χ0) is 13.0. The largest absolute Gasteiger partial charge is 0.303 e. The van der Waals surface area contributed by atoms with Crippen molar-refractivity contribution in [3.63, 3.8) is 0 Å². The number of nitrogens with one attached hydrogen (secondary N) is 1. The van der Waals surface area contributed by atoms with E-state index in [1.54, 1.807) is 22.7 Å². The smallest absolute Gasteiger partial charge is 0.109 e. The van der Waals surface area contributed by atoms with Crippen LogP contribution in [0.4, 0.5) is 0 Å². The van der Waals surface area contributed by atoms with Crippen LogP contribution in [0.5, 0.6) is 0 Å². The maximum Gasteiger partial charge on any atom is 0.109 e. The van der Waals surface area contributed by atoms with Gasteiger partial charge in [0.15, 0.2) is 0 Å². The number of nitrogens with zero attached hydrogens (tertiary/aromatic N) is 2.